The number of hydrogen-bond acceptors (Lipinski definition) is 7. The zero-order chi connectivity index (χ0) is 23.4. The van der Waals surface area contributed by atoms with E-state index in [1.807, 2.05) is 0 Å². The van der Waals surface area contributed by atoms with Crippen molar-refractivity contribution in [2.45, 2.75) is 57.7 Å². The van der Waals surface area contributed by atoms with Gasteiger partial charge in [-0.2, -0.15) is 0 Å². The van der Waals surface area contributed by atoms with Gasteiger partial charge in [-0.15, -0.1) is 0 Å². The van der Waals surface area contributed by atoms with E-state index in [0.717, 1.165) is 0 Å². The number of hydrogen-bond donors (Lipinski definition) is 7. The third-order valence-corrected chi connectivity index (χ3v) is 3.81. The van der Waals surface area contributed by atoms with Gasteiger partial charge in [0.1, 0.15) is 12.1 Å². The summed E-state index contributed by atoms with van der Waals surface area (Å²) in [5, 5.41) is 24.6. The molecule has 0 aromatic heterocycles. The molecule has 0 radical (unpaired) electrons. The number of nitrogens with two attached hydrogens (primary N) is 2. The molecule has 0 saturated carbocycles. The number of amides is 4. The van der Waals surface area contributed by atoms with Gasteiger partial charge in [0, 0.05) is 6.42 Å². The third-order valence-electron chi connectivity index (χ3n) is 3.81. The van der Waals surface area contributed by atoms with Gasteiger partial charge < -0.3 is 37.6 Å². The van der Waals surface area contributed by atoms with E-state index in [2.05, 4.69) is 16.0 Å². The fourth-order valence-electron chi connectivity index (χ4n) is 2.32. The van der Waals surface area contributed by atoms with Crippen molar-refractivity contribution in [1.82, 2.24) is 16.0 Å². The SMILES string of the molecule is CC(C)CC(NC(=O)CNC(=O)C(CC(=O)O)NC(=O)C(N)CCC(N)=O)C(=O)O. The van der Waals surface area contributed by atoms with Crippen LogP contribution in [0.25, 0.3) is 0 Å². The van der Waals surface area contributed by atoms with E-state index in [-0.39, 0.29) is 25.2 Å². The highest BCUT2D eigenvalue weighted by Gasteiger charge is 2.27. The molecule has 0 spiro atoms. The van der Waals surface area contributed by atoms with E-state index in [1.165, 1.54) is 0 Å². The topological polar surface area (TPSA) is 231 Å². The fraction of sp³-hybridized carbons (Fsp3) is 0.647. The molecule has 0 aliphatic rings. The summed E-state index contributed by atoms with van der Waals surface area (Å²) >= 11 is 0. The summed E-state index contributed by atoms with van der Waals surface area (Å²) in [4.78, 5) is 69.0. The second-order valence-corrected chi connectivity index (χ2v) is 7.08. The molecule has 9 N–H and O–H groups in total. The minimum absolute atomic E-state index is 0.00470. The molecule has 170 valence electrons. The maximum atomic E-state index is 12.2. The Kier molecular flexibility index (Phi) is 11.7. The third kappa shape index (κ3) is 11.6. The standard InChI is InChI=1S/C17H29N5O8/c1-8(2)5-11(17(29)30)21-13(24)7-20-16(28)10(6-14(25)26)22-15(27)9(18)3-4-12(19)23/h8-11H,3-7,18H2,1-2H3,(H2,19,23)(H,20,28)(H,21,24)(H,22,27)(H,25,26)(H,29,30). The highest BCUT2D eigenvalue weighted by molar-refractivity contribution is 5.94. The second-order valence-electron chi connectivity index (χ2n) is 7.08. The number of nitrogens with one attached hydrogen (secondary N) is 3. The van der Waals surface area contributed by atoms with Crippen molar-refractivity contribution in [3.05, 3.63) is 0 Å². The van der Waals surface area contributed by atoms with Gasteiger partial charge in [0.15, 0.2) is 0 Å². The van der Waals surface area contributed by atoms with Crippen LogP contribution in [0.4, 0.5) is 0 Å². The monoisotopic (exact) mass is 431 g/mol. The van der Waals surface area contributed by atoms with E-state index in [4.69, 9.17) is 21.7 Å². The van der Waals surface area contributed by atoms with Gasteiger partial charge in [-0.05, 0) is 18.8 Å². The lowest BCUT2D eigenvalue weighted by molar-refractivity contribution is -0.143. The first kappa shape index (κ1) is 26.8. The average molecular weight is 431 g/mol. The minimum Gasteiger partial charge on any atom is -0.481 e. The van der Waals surface area contributed by atoms with Crippen LogP contribution in [0.15, 0.2) is 0 Å². The van der Waals surface area contributed by atoms with Crippen LogP contribution in [0.5, 0.6) is 0 Å². The van der Waals surface area contributed by atoms with Crippen LogP contribution >= 0.6 is 0 Å². The highest BCUT2D eigenvalue weighted by atomic mass is 16.4. The Labute approximate surface area is 172 Å². The number of carboxylic acids is 2. The van der Waals surface area contributed by atoms with Gasteiger partial charge in [-0.3, -0.25) is 24.0 Å². The predicted molar refractivity (Wildman–Crippen MR) is 103 cm³/mol. The zero-order valence-corrected chi connectivity index (χ0v) is 16.8. The van der Waals surface area contributed by atoms with Gasteiger partial charge in [-0.1, -0.05) is 13.8 Å². The molecule has 3 atom stereocenters. The van der Waals surface area contributed by atoms with E-state index < -0.39 is 66.7 Å². The quantitative estimate of drug-likeness (QED) is 0.151. The number of aliphatic carboxylic acids is 2. The maximum Gasteiger partial charge on any atom is 0.326 e. The molecule has 4 amide bonds. The number of rotatable bonds is 14. The lowest BCUT2D eigenvalue weighted by atomic mass is 10.0. The van der Waals surface area contributed by atoms with Crippen LogP contribution in [0.2, 0.25) is 0 Å². The largest absolute Gasteiger partial charge is 0.481 e. The minimum atomic E-state index is -1.53. The summed E-state index contributed by atoms with van der Waals surface area (Å²) in [6.07, 6.45) is -0.883. The van der Waals surface area contributed by atoms with Crippen molar-refractivity contribution in [1.29, 1.82) is 0 Å². The summed E-state index contributed by atoms with van der Waals surface area (Å²) in [5.41, 5.74) is 10.5. The summed E-state index contributed by atoms with van der Waals surface area (Å²) in [5.74, 6) is -5.95. The first-order valence-corrected chi connectivity index (χ1v) is 9.19. The van der Waals surface area contributed by atoms with E-state index in [0.29, 0.717) is 0 Å². The Morgan fingerprint density at radius 1 is 0.933 bits per heavy atom. The summed E-state index contributed by atoms with van der Waals surface area (Å²) in [6.45, 7) is 2.93. The molecular weight excluding hydrogens is 402 g/mol. The predicted octanol–water partition coefficient (Wildman–Crippen LogP) is -2.73. The van der Waals surface area contributed by atoms with Crippen molar-refractivity contribution < 1.29 is 39.0 Å². The molecule has 0 saturated heterocycles. The summed E-state index contributed by atoms with van der Waals surface area (Å²) < 4.78 is 0. The molecule has 0 fully saturated rings. The van der Waals surface area contributed by atoms with Crippen LogP contribution in [-0.2, 0) is 28.8 Å². The molecule has 3 unspecified atom stereocenters. The smallest absolute Gasteiger partial charge is 0.326 e. The van der Waals surface area contributed by atoms with Gasteiger partial charge in [-0.25, -0.2) is 4.79 Å². The van der Waals surface area contributed by atoms with Crippen LogP contribution in [0.1, 0.15) is 39.5 Å². The van der Waals surface area contributed by atoms with Crippen LogP contribution in [0, 0.1) is 5.92 Å². The number of primary amides is 1. The normalized spacial score (nSPS) is 13.6. The molecule has 0 bridgehead atoms. The first-order valence-electron chi connectivity index (χ1n) is 9.19. The molecule has 0 aromatic rings. The Hall–Kier alpha value is -3.22. The Bertz CT molecular complexity index is 667. The lowest BCUT2D eigenvalue weighted by Gasteiger charge is -2.20. The number of carbonyl (C=O) groups is 6. The van der Waals surface area contributed by atoms with Crippen LogP contribution in [-0.4, -0.2) is 70.5 Å². The van der Waals surface area contributed by atoms with Crippen LogP contribution < -0.4 is 27.4 Å². The van der Waals surface area contributed by atoms with Crippen molar-refractivity contribution in [3.8, 4) is 0 Å². The number of carbonyl (C=O) groups excluding carboxylic acids is 4. The van der Waals surface area contributed by atoms with Gasteiger partial charge in [0.25, 0.3) is 0 Å². The molecule has 30 heavy (non-hydrogen) atoms. The van der Waals surface area contributed by atoms with E-state index >= 15 is 0 Å². The summed E-state index contributed by atoms with van der Waals surface area (Å²) in [7, 11) is 0. The van der Waals surface area contributed by atoms with Crippen molar-refractivity contribution in [2.75, 3.05) is 6.54 Å². The van der Waals surface area contributed by atoms with Gasteiger partial charge in [0.2, 0.25) is 23.6 Å². The molecule has 13 heteroatoms. The van der Waals surface area contributed by atoms with Crippen molar-refractivity contribution in [3.63, 3.8) is 0 Å². The van der Waals surface area contributed by atoms with E-state index in [9.17, 15) is 28.8 Å². The van der Waals surface area contributed by atoms with Gasteiger partial charge >= 0.3 is 11.9 Å². The fourth-order valence-corrected chi connectivity index (χ4v) is 2.32. The Morgan fingerprint density at radius 2 is 1.53 bits per heavy atom. The van der Waals surface area contributed by atoms with Gasteiger partial charge in [0.05, 0.1) is 19.0 Å². The maximum absolute atomic E-state index is 12.2. The second kappa shape index (κ2) is 13.1. The molecule has 0 aromatic carbocycles. The molecule has 0 heterocycles. The molecule has 0 aliphatic heterocycles. The van der Waals surface area contributed by atoms with Crippen LogP contribution in [0.3, 0.4) is 0 Å². The van der Waals surface area contributed by atoms with Crippen molar-refractivity contribution in [2.24, 2.45) is 17.4 Å². The zero-order valence-electron chi connectivity index (χ0n) is 16.8. The number of carboxylic acid groups (broad SMARTS) is 2. The molecule has 13 nitrogen and oxygen atoms in total. The Morgan fingerprint density at radius 3 is 2.00 bits per heavy atom. The molecule has 0 rings (SSSR count). The average Bonchev–Trinajstić information content (AvgIpc) is 2.61. The van der Waals surface area contributed by atoms with E-state index in [1.54, 1.807) is 13.8 Å². The summed E-state index contributed by atoms with van der Waals surface area (Å²) in [6, 6.07) is -3.88. The molecule has 0 aliphatic carbocycles. The first-order chi connectivity index (χ1) is 13.8. The van der Waals surface area contributed by atoms with Crippen molar-refractivity contribution >= 4 is 35.6 Å². The molecular formula is C17H29N5O8. The lowest BCUT2D eigenvalue weighted by Crippen LogP contribution is -2.54. The highest BCUT2D eigenvalue weighted by Crippen LogP contribution is 2.04. The Balaban J connectivity index is 4.85.